The van der Waals surface area contributed by atoms with Crippen LogP contribution in [0.5, 0.6) is 0 Å². The molecule has 16 heavy (non-hydrogen) atoms. The molecule has 0 aromatic heterocycles. The summed E-state index contributed by atoms with van der Waals surface area (Å²) in [7, 11) is -3.29. The molecule has 0 atom stereocenters. The Bertz CT molecular complexity index is 436. The van der Waals surface area contributed by atoms with Crippen LogP contribution in [0.4, 0.5) is 4.39 Å². The summed E-state index contributed by atoms with van der Waals surface area (Å²) in [5.41, 5.74) is 0.758. The van der Waals surface area contributed by atoms with Crippen molar-refractivity contribution in [2.45, 2.75) is 6.42 Å². The summed E-state index contributed by atoms with van der Waals surface area (Å²) in [6.07, 6.45) is 0.458. The van der Waals surface area contributed by atoms with Gasteiger partial charge in [0, 0.05) is 12.4 Å². The van der Waals surface area contributed by atoms with Crippen molar-refractivity contribution in [3.05, 3.63) is 35.6 Å². The Labute approximate surface area is 99.7 Å². The molecule has 0 spiro atoms. The number of rotatable bonds is 6. The SMILES string of the molecule is O=S(=O)(CCCl)NCCc1cccc(F)c1. The van der Waals surface area contributed by atoms with E-state index in [1.54, 1.807) is 12.1 Å². The highest BCUT2D eigenvalue weighted by Crippen LogP contribution is 2.03. The Morgan fingerprint density at radius 2 is 2.12 bits per heavy atom. The van der Waals surface area contributed by atoms with E-state index < -0.39 is 10.0 Å². The lowest BCUT2D eigenvalue weighted by Gasteiger charge is -2.05. The first-order chi connectivity index (χ1) is 7.53. The molecule has 0 aliphatic carbocycles. The zero-order valence-electron chi connectivity index (χ0n) is 8.62. The van der Waals surface area contributed by atoms with Crippen LogP contribution in [-0.4, -0.2) is 26.6 Å². The average Bonchev–Trinajstić information content (AvgIpc) is 2.17. The first kappa shape index (κ1) is 13.4. The zero-order valence-corrected chi connectivity index (χ0v) is 10.2. The number of alkyl halides is 1. The summed E-state index contributed by atoms with van der Waals surface area (Å²) in [6.45, 7) is 0.253. The second-order valence-corrected chi connectivity index (χ2v) is 5.59. The van der Waals surface area contributed by atoms with E-state index in [4.69, 9.17) is 11.6 Å². The minimum absolute atomic E-state index is 0.0648. The van der Waals surface area contributed by atoms with Crippen LogP contribution in [-0.2, 0) is 16.4 Å². The van der Waals surface area contributed by atoms with Gasteiger partial charge < -0.3 is 0 Å². The van der Waals surface area contributed by atoms with Gasteiger partial charge in [-0.1, -0.05) is 12.1 Å². The minimum atomic E-state index is -3.29. The molecule has 0 saturated carbocycles. The number of halogens is 2. The van der Waals surface area contributed by atoms with Crippen LogP contribution in [0.2, 0.25) is 0 Å². The molecule has 0 aliphatic rings. The largest absolute Gasteiger partial charge is 0.215 e. The van der Waals surface area contributed by atoms with Gasteiger partial charge >= 0.3 is 0 Å². The highest BCUT2D eigenvalue weighted by Gasteiger charge is 2.07. The van der Waals surface area contributed by atoms with Crippen molar-refractivity contribution in [3.63, 3.8) is 0 Å². The van der Waals surface area contributed by atoms with Crippen LogP contribution in [0.25, 0.3) is 0 Å². The number of hydrogen-bond acceptors (Lipinski definition) is 2. The van der Waals surface area contributed by atoms with Crippen molar-refractivity contribution in [3.8, 4) is 0 Å². The summed E-state index contributed by atoms with van der Waals surface area (Å²) in [5, 5.41) is 0. The lowest BCUT2D eigenvalue weighted by Crippen LogP contribution is -2.28. The standard InChI is InChI=1S/C10H13ClFNO2S/c11-5-7-16(14,15)13-6-4-9-2-1-3-10(12)8-9/h1-3,8,13H,4-7H2. The van der Waals surface area contributed by atoms with Crippen molar-refractivity contribution in [2.24, 2.45) is 0 Å². The molecule has 1 N–H and O–H groups in total. The molecular weight excluding hydrogens is 253 g/mol. The third-order valence-electron chi connectivity index (χ3n) is 1.97. The van der Waals surface area contributed by atoms with Crippen LogP contribution in [0.3, 0.4) is 0 Å². The summed E-state index contributed by atoms with van der Waals surface area (Å²) < 4.78 is 37.6. The van der Waals surface area contributed by atoms with Gasteiger partial charge in [-0.3, -0.25) is 0 Å². The fourth-order valence-electron chi connectivity index (χ4n) is 1.22. The van der Waals surface area contributed by atoms with E-state index in [0.717, 1.165) is 5.56 Å². The summed E-state index contributed by atoms with van der Waals surface area (Å²) in [5.74, 6) is -0.353. The first-order valence-electron chi connectivity index (χ1n) is 4.81. The Morgan fingerprint density at radius 1 is 1.38 bits per heavy atom. The first-order valence-corrected chi connectivity index (χ1v) is 7.00. The van der Waals surface area contributed by atoms with Gasteiger partial charge in [0.05, 0.1) is 5.75 Å². The van der Waals surface area contributed by atoms with Crippen molar-refractivity contribution in [1.29, 1.82) is 0 Å². The molecule has 0 radical (unpaired) electrons. The summed E-state index contributed by atoms with van der Waals surface area (Å²) >= 11 is 5.33. The van der Waals surface area contributed by atoms with Crippen molar-refractivity contribution >= 4 is 21.6 Å². The van der Waals surface area contributed by atoms with Crippen LogP contribution in [0, 0.1) is 5.82 Å². The van der Waals surface area contributed by atoms with Gasteiger partial charge in [-0.15, -0.1) is 11.6 Å². The third-order valence-corrected chi connectivity index (χ3v) is 3.77. The molecule has 0 bridgehead atoms. The van der Waals surface area contributed by atoms with E-state index in [0.29, 0.717) is 6.42 Å². The topological polar surface area (TPSA) is 46.2 Å². The zero-order chi connectivity index (χ0) is 12.0. The number of hydrogen-bond donors (Lipinski definition) is 1. The summed E-state index contributed by atoms with van der Waals surface area (Å²) in [6, 6.07) is 6.08. The molecule has 0 amide bonds. The van der Waals surface area contributed by atoms with Crippen LogP contribution < -0.4 is 4.72 Å². The number of nitrogens with one attached hydrogen (secondary N) is 1. The molecule has 0 heterocycles. The Kier molecular flexibility index (Phi) is 5.18. The monoisotopic (exact) mass is 265 g/mol. The number of benzene rings is 1. The molecule has 3 nitrogen and oxygen atoms in total. The van der Waals surface area contributed by atoms with E-state index in [1.165, 1.54) is 12.1 Å². The quantitative estimate of drug-likeness (QED) is 0.793. The molecule has 0 unspecified atom stereocenters. The normalized spacial score (nSPS) is 11.6. The maximum atomic E-state index is 12.8. The highest BCUT2D eigenvalue weighted by atomic mass is 35.5. The lowest BCUT2D eigenvalue weighted by molar-refractivity contribution is 0.583. The number of sulfonamides is 1. The van der Waals surface area contributed by atoms with Crippen molar-refractivity contribution in [1.82, 2.24) is 4.72 Å². The van der Waals surface area contributed by atoms with Gasteiger partial charge in [-0.25, -0.2) is 17.5 Å². The van der Waals surface area contributed by atoms with E-state index in [-0.39, 0.29) is 24.0 Å². The van der Waals surface area contributed by atoms with Gasteiger partial charge in [-0.05, 0) is 24.1 Å². The fourth-order valence-corrected chi connectivity index (χ4v) is 2.59. The van der Waals surface area contributed by atoms with E-state index in [9.17, 15) is 12.8 Å². The predicted molar refractivity (Wildman–Crippen MR) is 62.6 cm³/mol. The van der Waals surface area contributed by atoms with Crippen molar-refractivity contribution < 1.29 is 12.8 Å². The second-order valence-electron chi connectivity index (χ2n) is 3.28. The molecule has 0 saturated heterocycles. The Hall–Kier alpha value is -0.650. The van der Waals surface area contributed by atoms with E-state index in [2.05, 4.69) is 4.72 Å². The smallest absolute Gasteiger partial charge is 0.212 e. The van der Waals surface area contributed by atoms with Crippen LogP contribution >= 0.6 is 11.6 Å². The van der Waals surface area contributed by atoms with Crippen LogP contribution in [0.1, 0.15) is 5.56 Å². The molecule has 1 rings (SSSR count). The van der Waals surface area contributed by atoms with Gasteiger partial charge in [0.2, 0.25) is 10.0 Å². The minimum Gasteiger partial charge on any atom is -0.215 e. The van der Waals surface area contributed by atoms with Gasteiger partial charge in [-0.2, -0.15) is 0 Å². The second kappa shape index (κ2) is 6.18. The average molecular weight is 266 g/mol. The van der Waals surface area contributed by atoms with Gasteiger partial charge in [0.15, 0.2) is 0 Å². The highest BCUT2D eigenvalue weighted by molar-refractivity contribution is 7.89. The van der Waals surface area contributed by atoms with E-state index in [1.807, 2.05) is 0 Å². The molecular formula is C10H13ClFNO2S. The lowest BCUT2D eigenvalue weighted by atomic mass is 10.1. The molecule has 0 aliphatic heterocycles. The molecule has 1 aromatic carbocycles. The molecule has 0 fully saturated rings. The van der Waals surface area contributed by atoms with Crippen LogP contribution in [0.15, 0.2) is 24.3 Å². The van der Waals surface area contributed by atoms with E-state index >= 15 is 0 Å². The maximum absolute atomic E-state index is 12.8. The van der Waals surface area contributed by atoms with Gasteiger partial charge in [0.25, 0.3) is 0 Å². The maximum Gasteiger partial charge on any atom is 0.212 e. The fraction of sp³-hybridized carbons (Fsp3) is 0.400. The van der Waals surface area contributed by atoms with Crippen molar-refractivity contribution in [2.75, 3.05) is 18.2 Å². The molecule has 90 valence electrons. The molecule has 1 aromatic rings. The van der Waals surface area contributed by atoms with Gasteiger partial charge in [0.1, 0.15) is 5.82 Å². The summed E-state index contributed by atoms with van der Waals surface area (Å²) in [4.78, 5) is 0. The predicted octanol–water partition coefficient (Wildman–Crippen LogP) is 1.53. The Morgan fingerprint density at radius 3 is 2.75 bits per heavy atom. The molecule has 6 heteroatoms. The Balaban J connectivity index is 2.42. The third kappa shape index (κ3) is 4.92.